The van der Waals surface area contributed by atoms with E-state index in [4.69, 9.17) is 16.7 Å². The number of fused-ring (bicyclic) bond motifs is 1. The molecule has 2 heterocycles. The first-order valence-corrected chi connectivity index (χ1v) is 8.56. The molecule has 28 heavy (non-hydrogen) atoms. The Labute approximate surface area is 163 Å². The van der Waals surface area contributed by atoms with E-state index in [-0.39, 0.29) is 11.1 Å². The summed E-state index contributed by atoms with van der Waals surface area (Å²) < 4.78 is 14.1. The molecule has 0 aliphatic rings. The van der Waals surface area contributed by atoms with Crippen LogP contribution in [0.4, 0.5) is 15.8 Å². The van der Waals surface area contributed by atoms with Gasteiger partial charge < -0.3 is 10.4 Å². The Bertz CT molecular complexity index is 1220. The molecule has 6 nitrogen and oxygen atoms in total. The summed E-state index contributed by atoms with van der Waals surface area (Å²) >= 11 is 5.96. The molecular weight excluding hydrogens is 383 g/mol. The van der Waals surface area contributed by atoms with Gasteiger partial charge in [0.05, 0.1) is 28.7 Å². The van der Waals surface area contributed by atoms with E-state index in [9.17, 15) is 9.18 Å². The first-order valence-electron chi connectivity index (χ1n) is 8.18. The van der Waals surface area contributed by atoms with Crippen molar-refractivity contribution in [1.82, 2.24) is 15.2 Å². The Kier molecular flexibility index (Phi) is 4.58. The van der Waals surface area contributed by atoms with Gasteiger partial charge in [-0.15, -0.1) is 0 Å². The van der Waals surface area contributed by atoms with E-state index in [0.717, 1.165) is 5.39 Å². The number of benzene rings is 2. The second-order valence-corrected chi connectivity index (χ2v) is 6.41. The van der Waals surface area contributed by atoms with Crippen molar-refractivity contribution in [3.63, 3.8) is 0 Å². The molecule has 0 aliphatic heterocycles. The Morgan fingerprint density at radius 1 is 1.11 bits per heavy atom. The number of carbonyl (C=O) groups is 1. The number of aromatic carboxylic acids is 1. The molecule has 2 aromatic carbocycles. The molecule has 0 aliphatic carbocycles. The molecule has 2 N–H and O–H groups in total. The summed E-state index contributed by atoms with van der Waals surface area (Å²) in [4.78, 5) is 15.4. The summed E-state index contributed by atoms with van der Waals surface area (Å²) in [6, 6.07) is 12.3. The van der Waals surface area contributed by atoms with Crippen LogP contribution < -0.4 is 5.32 Å². The van der Waals surface area contributed by atoms with Crippen LogP contribution in [0.15, 0.2) is 60.9 Å². The third-order valence-electron chi connectivity index (χ3n) is 4.13. The average Bonchev–Trinajstić information content (AvgIpc) is 2.70. The van der Waals surface area contributed by atoms with E-state index in [2.05, 4.69) is 20.5 Å². The van der Waals surface area contributed by atoms with E-state index in [1.807, 2.05) is 0 Å². The Balaban J connectivity index is 1.72. The van der Waals surface area contributed by atoms with Gasteiger partial charge in [0.25, 0.3) is 0 Å². The minimum absolute atomic E-state index is 0.154. The zero-order chi connectivity index (χ0) is 19.7. The molecule has 4 rings (SSSR count). The molecule has 4 aromatic rings. The van der Waals surface area contributed by atoms with E-state index < -0.39 is 11.8 Å². The highest BCUT2D eigenvalue weighted by Gasteiger charge is 2.11. The molecule has 0 unspecified atom stereocenters. The number of pyridine rings is 1. The largest absolute Gasteiger partial charge is 0.478 e. The average molecular weight is 395 g/mol. The normalized spacial score (nSPS) is 10.8. The Morgan fingerprint density at radius 2 is 1.96 bits per heavy atom. The molecule has 0 saturated carbocycles. The SMILES string of the molecule is O=C(O)c1ccc2c(Nc3cnnc(-c4cc(Cl)ccc4F)c3)ccnc2c1. The Morgan fingerprint density at radius 3 is 2.79 bits per heavy atom. The lowest BCUT2D eigenvalue weighted by Gasteiger charge is -2.11. The van der Waals surface area contributed by atoms with Crippen LogP contribution in [0.1, 0.15) is 10.4 Å². The quantitative estimate of drug-likeness (QED) is 0.510. The minimum Gasteiger partial charge on any atom is -0.478 e. The monoisotopic (exact) mass is 394 g/mol. The number of rotatable bonds is 4. The second kappa shape index (κ2) is 7.21. The van der Waals surface area contributed by atoms with Crippen molar-refractivity contribution in [3.05, 3.63) is 77.3 Å². The van der Waals surface area contributed by atoms with Crippen LogP contribution in [-0.4, -0.2) is 26.3 Å². The number of nitrogens with one attached hydrogen (secondary N) is 1. The number of nitrogens with zero attached hydrogens (tertiary/aromatic N) is 3. The van der Waals surface area contributed by atoms with E-state index >= 15 is 0 Å². The van der Waals surface area contributed by atoms with Gasteiger partial charge in [0.1, 0.15) is 5.82 Å². The van der Waals surface area contributed by atoms with Crippen molar-refractivity contribution < 1.29 is 14.3 Å². The zero-order valence-electron chi connectivity index (χ0n) is 14.2. The number of hydrogen-bond acceptors (Lipinski definition) is 5. The van der Waals surface area contributed by atoms with Gasteiger partial charge in [0.2, 0.25) is 0 Å². The molecule has 0 saturated heterocycles. The molecule has 2 aromatic heterocycles. The van der Waals surface area contributed by atoms with Gasteiger partial charge in [0, 0.05) is 27.9 Å². The lowest BCUT2D eigenvalue weighted by Crippen LogP contribution is -1.99. The van der Waals surface area contributed by atoms with Gasteiger partial charge in [-0.1, -0.05) is 11.6 Å². The molecule has 0 spiro atoms. The summed E-state index contributed by atoms with van der Waals surface area (Å²) in [5, 5.41) is 21.4. The first kappa shape index (κ1) is 17.8. The van der Waals surface area contributed by atoms with Crippen molar-refractivity contribution in [2.75, 3.05) is 5.32 Å². The maximum atomic E-state index is 14.1. The van der Waals surface area contributed by atoms with E-state index in [0.29, 0.717) is 27.6 Å². The highest BCUT2D eigenvalue weighted by atomic mass is 35.5. The van der Waals surface area contributed by atoms with Gasteiger partial charge >= 0.3 is 5.97 Å². The third-order valence-corrected chi connectivity index (χ3v) is 4.36. The van der Waals surface area contributed by atoms with Gasteiger partial charge in [-0.25, -0.2) is 9.18 Å². The number of carboxylic acids is 1. The van der Waals surface area contributed by atoms with Crippen molar-refractivity contribution in [2.24, 2.45) is 0 Å². The topological polar surface area (TPSA) is 88.0 Å². The van der Waals surface area contributed by atoms with Crippen LogP contribution in [0.2, 0.25) is 5.02 Å². The minimum atomic E-state index is -1.02. The summed E-state index contributed by atoms with van der Waals surface area (Å²) in [5.74, 6) is -1.47. The molecule has 0 amide bonds. The molecule has 0 atom stereocenters. The zero-order valence-corrected chi connectivity index (χ0v) is 15.0. The van der Waals surface area contributed by atoms with E-state index in [1.54, 1.807) is 24.4 Å². The molecule has 8 heteroatoms. The van der Waals surface area contributed by atoms with Crippen LogP contribution >= 0.6 is 11.6 Å². The fourth-order valence-electron chi connectivity index (χ4n) is 2.81. The predicted molar refractivity (Wildman–Crippen MR) is 104 cm³/mol. The highest BCUT2D eigenvalue weighted by Crippen LogP contribution is 2.29. The van der Waals surface area contributed by atoms with Crippen LogP contribution in [0.5, 0.6) is 0 Å². The maximum Gasteiger partial charge on any atom is 0.335 e. The lowest BCUT2D eigenvalue weighted by atomic mass is 10.1. The van der Waals surface area contributed by atoms with Gasteiger partial charge in [-0.2, -0.15) is 10.2 Å². The van der Waals surface area contributed by atoms with Crippen LogP contribution in [0, 0.1) is 5.82 Å². The number of anilines is 2. The van der Waals surface area contributed by atoms with Crippen LogP contribution in [0.25, 0.3) is 22.2 Å². The van der Waals surface area contributed by atoms with Gasteiger partial charge in [0.15, 0.2) is 0 Å². The smallest absolute Gasteiger partial charge is 0.335 e. The van der Waals surface area contributed by atoms with Crippen molar-refractivity contribution >= 4 is 39.8 Å². The summed E-state index contributed by atoms with van der Waals surface area (Å²) in [5.41, 5.74) is 2.55. The number of aromatic nitrogens is 3. The standard InChI is InChI=1S/C20H12ClFN4O2/c21-12-2-4-16(22)15(8-12)19-9-13(10-24-26-19)25-17-5-6-23-18-7-11(20(27)28)1-3-14(17)18/h1-10H,(H,27,28)(H,23,25,26). The number of halogens is 2. The van der Waals surface area contributed by atoms with Crippen molar-refractivity contribution in [1.29, 1.82) is 0 Å². The maximum absolute atomic E-state index is 14.1. The summed E-state index contributed by atoms with van der Waals surface area (Å²) in [6.45, 7) is 0. The lowest BCUT2D eigenvalue weighted by molar-refractivity contribution is 0.0697. The molecular formula is C20H12ClFN4O2. The first-order chi connectivity index (χ1) is 13.5. The Hall–Kier alpha value is -3.58. The van der Waals surface area contributed by atoms with Gasteiger partial charge in [-0.3, -0.25) is 4.98 Å². The highest BCUT2D eigenvalue weighted by molar-refractivity contribution is 6.30. The fraction of sp³-hybridized carbons (Fsp3) is 0. The molecule has 0 bridgehead atoms. The second-order valence-electron chi connectivity index (χ2n) is 5.97. The number of carboxylic acid groups (broad SMARTS) is 1. The third kappa shape index (κ3) is 3.47. The summed E-state index contributed by atoms with van der Waals surface area (Å²) in [6.07, 6.45) is 3.08. The van der Waals surface area contributed by atoms with Gasteiger partial charge in [-0.05, 0) is 48.5 Å². The fourth-order valence-corrected chi connectivity index (χ4v) is 2.98. The summed E-state index contributed by atoms with van der Waals surface area (Å²) in [7, 11) is 0. The molecule has 0 radical (unpaired) electrons. The number of hydrogen-bond donors (Lipinski definition) is 2. The predicted octanol–water partition coefficient (Wildman–Crippen LogP) is 4.93. The van der Waals surface area contributed by atoms with Crippen molar-refractivity contribution in [3.8, 4) is 11.3 Å². The van der Waals surface area contributed by atoms with Crippen LogP contribution in [-0.2, 0) is 0 Å². The van der Waals surface area contributed by atoms with Crippen molar-refractivity contribution in [2.45, 2.75) is 0 Å². The molecule has 138 valence electrons. The molecule has 0 fully saturated rings. The van der Waals surface area contributed by atoms with Crippen LogP contribution in [0.3, 0.4) is 0 Å². The van der Waals surface area contributed by atoms with E-state index in [1.165, 1.54) is 36.5 Å².